The number of nitrogens with zero attached hydrogens (tertiary/aromatic N) is 1. The molecule has 3 nitrogen and oxygen atoms in total. The van der Waals surface area contributed by atoms with E-state index >= 15 is 0 Å². The van der Waals surface area contributed by atoms with Crippen molar-refractivity contribution in [2.24, 2.45) is 0 Å². The molecule has 0 radical (unpaired) electrons. The molecule has 3 heteroatoms. The van der Waals surface area contributed by atoms with Gasteiger partial charge < -0.3 is 10.2 Å². The van der Waals surface area contributed by atoms with Crippen molar-refractivity contribution in [3.8, 4) is 0 Å². The van der Waals surface area contributed by atoms with E-state index < -0.39 is 5.54 Å². The molecule has 82 valence electrons. The minimum Gasteiger partial charge on any atom is -0.394 e. The monoisotopic (exact) mass is 191 g/mol. The standard InChI is InChI=1S/C7H17NO2.C3H8/c1-4-7(5-9,6-10)8(2)3;1-3-2/h9-10H,4-6H2,1-3H3;3H2,1-2H3. The van der Waals surface area contributed by atoms with Crippen LogP contribution in [0.3, 0.4) is 0 Å². The number of rotatable bonds is 4. The number of aliphatic hydroxyl groups is 2. The number of aliphatic hydroxyl groups excluding tert-OH is 2. The lowest BCUT2D eigenvalue weighted by molar-refractivity contribution is 0.0140. The molecule has 0 bridgehead atoms. The molecule has 0 saturated carbocycles. The van der Waals surface area contributed by atoms with Gasteiger partial charge in [0.2, 0.25) is 0 Å². The molecule has 0 heterocycles. The summed E-state index contributed by atoms with van der Waals surface area (Å²) in [6, 6.07) is 0. The molecule has 0 rings (SSSR count). The van der Waals surface area contributed by atoms with Crippen molar-refractivity contribution in [1.29, 1.82) is 0 Å². The van der Waals surface area contributed by atoms with Crippen LogP contribution in [0.4, 0.5) is 0 Å². The molecule has 0 aromatic heterocycles. The van der Waals surface area contributed by atoms with Crippen LogP contribution in [0.2, 0.25) is 0 Å². The Bertz CT molecular complexity index is 92.8. The molecule has 0 saturated heterocycles. The summed E-state index contributed by atoms with van der Waals surface area (Å²) in [5, 5.41) is 17.9. The van der Waals surface area contributed by atoms with Gasteiger partial charge in [0.15, 0.2) is 0 Å². The van der Waals surface area contributed by atoms with Crippen LogP contribution in [0, 0.1) is 0 Å². The predicted molar refractivity (Wildman–Crippen MR) is 56.8 cm³/mol. The second-order valence-corrected chi connectivity index (χ2v) is 3.50. The Kier molecular flexibility index (Phi) is 10.0. The highest BCUT2D eigenvalue weighted by Gasteiger charge is 2.28. The lowest BCUT2D eigenvalue weighted by Crippen LogP contribution is -2.50. The fourth-order valence-electron chi connectivity index (χ4n) is 0.873. The summed E-state index contributed by atoms with van der Waals surface area (Å²) >= 11 is 0. The molecule has 0 unspecified atom stereocenters. The van der Waals surface area contributed by atoms with E-state index in [4.69, 9.17) is 10.2 Å². The summed E-state index contributed by atoms with van der Waals surface area (Å²) in [4.78, 5) is 1.85. The fourth-order valence-corrected chi connectivity index (χ4v) is 0.873. The molecule has 0 aromatic rings. The number of hydrogen-bond donors (Lipinski definition) is 2. The Balaban J connectivity index is 0. The van der Waals surface area contributed by atoms with Gasteiger partial charge in [-0.2, -0.15) is 0 Å². The van der Waals surface area contributed by atoms with Gasteiger partial charge in [0.05, 0.1) is 18.8 Å². The molecule has 0 aliphatic heterocycles. The highest BCUT2D eigenvalue weighted by atomic mass is 16.3. The van der Waals surface area contributed by atoms with Gasteiger partial charge >= 0.3 is 0 Å². The van der Waals surface area contributed by atoms with Crippen molar-refractivity contribution < 1.29 is 10.2 Å². The maximum Gasteiger partial charge on any atom is 0.0665 e. The number of hydrogen-bond acceptors (Lipinski definition) is 3. The first-order valence-corrected chi connectivity index (χ1v) is 4.93. The first-order chi connectivity index (χ1) is 6.04. The summed E-state index contributed by atoms with van der Waals surface area (Å²) in [7, 11) is 3.71. The molecular weight excluding hydrogens is 166 g/mol. The van der Waals surface area contributed by atoms with E-state index in [0.717, 1.165) is 6.42 Å². The molecule has 2 N–H and O–H groups in total. The fraction of sp³-hybridized carbons (Fsp3) is 1.00. The molecule has 0 fully saturated rings. The zero-order valence-electron chi connectivity index (χ0n) is 9.67. The maximum atomic E-state index is 8.95. The Labute approximate surface area is 82.4 Å². The summed E-state index contributed by atoms with van der Waals surface area (Å²) in [6.45, 7) is 6.21. The van der Waals surface area contributed by atoms with Gasteiger partial charge in [-0.05, 0) is 20.5 Å². The summed E-state index contributed by atoms with van der Waals surface area (Å²) in [6.07, 6.45) is 2.01. The lowest BCUT2D eigenvalue weighted by atomic mass is 9.97. The largest absolute Gasteiger partial charge is 0.394 e. The van der Waals surface area contributed by atoms with Crippen LogP contribution >= 0.6 is 0 Å². The van der Waals surface area contributed by atoms with Gasteiger partial charge in [-0.3, -0.25) is 4.90 Å². The Morgan fingerprint density at radius 1 is 1.00 bits per heavy atom. The van der Waals surface area contributed by atoms with Crippen LogP contribution in [0.15, 0.2) is 0 Å². The lowest BCUT2D eigenvalue weighted by Gasteiger charge is -2.35. The minimum absolute atomic E-state index is 0.00694. The SMILES string of the molecule is CCC.CCC(CO)(CO)N(C)C. The van der Waals surface area contributed by atoms with Gasteiger partial charge in [-0.15, -0.1) is 0 Å². The third-order valence-corrected chi connectivity index (χ3v) is 2.20. The van der Waals surface area contributed by atoms with Gasteiger partial charge in [-0.25, -0.2) is 0 Å². The summed E-state index contributed by atoms with van der Waals surface area (Å²) in [5.41, 5.74) is -0.431. The van der Waals surface area contributed by atoms with Crippen LogP contribution in [0.5, 0.6) is 0 Å². The topological polar surface area (TPSA) is 43.7 Å². The summed E-state index contributed by atoms with van der Waals surface area (Å²) < 4.78 is 0. The van der Waals surface area contributed by atoms with Crippen LogP contribution in [0.1, 0.15) is 33.6 Å². The second-order valence-electron chi connectivity index (χ2n) is 3.50. The van der Waals surface area contributed by atoms with Crippen molar-refractivity contribution in [2.45, 2.75) is 39.2 Å². The smallest absolute Gasteiger partial charge is 0.0665 e. The third-order valence-electron chi connectivity index (χ3n) is 2.20. The Morgan fingerprint density at radius 2 is 1.31 bits per heavy atom. The zero-order valence-corrected chi connectivity index (χ0v) is 9.67. The van der Waals surface area contributed by atoms with E-state index in [1.54, 1.807) is 0 Å². The molecule has 0 atom stereocenters. The second kappa shape index (κ2) is 8.48. The van der Waals surface area contributed by atoms with Crippen molar-refractivity contribution in [3.63, 3.8) is 0 Å². The molecular formula is C10H25NO2. The average molecular weight is 191 g/mol. The molecule has 0 aliphatic rings. The third kappa shape index (κ3) is 5.24. The molecule has 0 spiro atoms. The van der Waals surface area contributed by atoms with Crippen molar-refractivity contribution >= 4 is 0 Å². The van der Waals surface area contributed by atoms with Crippen molar-refractivity contribution in [2.75, 3.05) is 27.3 Å². The maximum absolute atomic E-state index is 8.95. The van der Waals surface area contributed by atoms with E-state index in [0.29, 0.717) is 0 Å². The molecule has 0 aliphatic carbocycles. The normalized spacial score (nSPS) is 11.1. The van der Waals surface area contributed by atoms with Crippen molar-refractivity contribution in [1.82, 2.24) is 4.90 Å². The highest BCUT2D eigenvalue weighted by molar-refractivity contribution is 4.84. The predicted octanol–water partition coefficient (Wildman–Crippen LogP) is 1.10. The van der Waals surface area contributed by atoms with Crippen LogP contribution in [0.25, 0.3) is 0 Å². The Morgan fingerprint density at radius 3 is 1.31 bits per heavy atom. The minimum atomic E-state index is -0.431. The summed E-state index contributed by atoms with van der Waals surface area (Å²) in [5.74, 6) is 0. The van der Waals surface area contributed by atoms with E-state index in [1.165, 1.54) is 6.42 Å². The first-order valence-electron chi connectivity index (χ1n) is 4.93. The average Bonchev–Trinajstić information content (AvgIpc) is 2.09. The van der Waals surface area contributed by atoms with Gasteiger partial charge in [0, 0.05) is 0 Å². The molecule has 0 aromatic carbocycles. The quantitative estimate of drug-likeness (QED) is 0.699. The van der Waals surface area contributed by atoms with Gasteiger partial charge in [0.25, 0.3) is 0 Å². The Hall–Kier alpha value is -0.120. The van der Waals surface area contributed by atoms with E-state index in [-0.39, 0.29) is 13.2 Å². The van der Waals surface area contributed by atoms with Gasteiger partial charge in [0.1, 0.15) is 0 Å². The zero-order chi connectivity index (χ0) is 10.9. The number of likely N-dealkylation sites (N-methyl/N-ethyl adjacent to an activating group) is 1. The highest BCUT2D eigenvalue weighted by Crippen LogP contribution is 2.14. The van der Waals surface area contributed by atoms with Gasteiger partial charge in [-0.1, -0.05) is 27.2 Å². The molecule has 13 heavy (non-hydrogen) atoms. The first kappa shape index (κ1) is 15.4. The van der Waals surface area contributed by atoms with Crippen LogP contribution in [-0.2, 0) is 0 Å². The van der Waals surface area contributed by atoms with Crippen LogP contribution < -0.4 is 0 Å². The molecule has 0 amide bonds. The van der Waals surface area contributed by atoms with E-state index in [9.17, 15) is 0 Å². The van der Waals surface area contributed by atoms with E-state index in [1.807, 2.05) is 25.9 Å². The van der Waals surface area contributed by atoms with Crippen molar-refractivity contribution in [3.05, 3.63) is 0 Å². The van der Waals surface area contributed by atoms with Crippen LogP contribution in [-0.4, -0.2) is 48.0 Å². The van der Waals surface area contributed by atoms with E-state index in [2.05, 4.69) is 13.8 Å².